The molecule has 0 radical (unpaired) electrons. The van der Waals surface area contributed by atoms with Crippen LogP contribution in [0.25, 0.3) is 0 Å². The molecule has 0 aromatic carbocycles. The first kappa shape index (κ1) is 12.7. The zero-order valence-corrected chi connectivity index (χ0v) is 9.39. The van der Waals surface area contributed by atoms with Crippen molar-refractivity contribution in [3.63, 3.8) is 0 Å². The minimum Gasteiger partial charge on any atom is -0.377 e. The minimum atomic E-state index is 0.297. The summed E-state index contributed by atoms with van der Waals surface area (Å²) in [6, 6.07) is 0.308. The first-order chi connectivity index (χ1) is 6.07. The minimum absolute atomic E-state index is 0.297. The highest BCUT2D eigenvalue weighted by Gasteiger charge is 2.08. The summed E-state index contributed by atoms with van der Waals surface area (Å²) >= 11 is 0. The van der Waals surface area contributed by atoms with Crippen molar-refractivity contribution in [2.75, 3.05) is 13.2 Å². The number of nitrogens with one attached hydrogen (secondary N) is 1. The molecule has 0 spiro atoms. The highest BCUT2D eigenvalue weighted by molar-refractivity contribution is 5.01. The normalized spacial score (nSPS) is 13.3. The Hall–Kier alpha value is -0.340. The Morgan fingerprint density at radius 1 is 1.46 bits per heavy atom. The highest BCUT2D eigenvalue weighted by Crippen LogP contribution is 2.01. The molecule has 0 fully saturated rings. The first-order valence-corrected chi connectivity index (χ1v) is 5.08. The van der Waals surface area contributed by atoms with Gasteiger partial charge in [0.2, 0.25) is 0 Å². The third kappa shape index (κ3) is 6.79. The Balaban J connectivity index is 3.74. The van der Waals surface area contributed by atoms with Gasteiger partial charge in [-0.05, 0) is 33.7 Å². The lowest BCUT2D eigenvalue weighted by molar-refractivity contribution is 0.0677. The third-order valence-electron chi connectivity index (χ3n) is 1.83. The zero-order chi connectivity index (χ0) is 10.3. The Morgan fingerprint density at radius 2 is 2.08 bits per heavy atom. The molecule has 0 bridgehead atoms. The molecule has 0 heterocycles. The van der Waals surface area contributed by atoms with Crippen molar-refractivity contribution in [1.29, 1.82) is 0 Å². The predicted octanol–water partition coefficient (Wildman–Crippen LogP) is 2.36. The summed E-state index contributed by atoms with van der Waals surface area (Å²) < 4.78 is 5.54. The number of rotatable bonds is 7. The maximum absolute atomic E-state index is 5.54. The van der Waals surface area contributed by atoms with Crippen molar-refractivity contribution < 1.29 is 4.74 Å². The molecule has 0 aromatic heterocycles. The van der Waals surface area contributed by atoms with E-state index in [1.807, 2.05) is 6.92 Å². The van der Waals surface area contributed by atoms with Crippen LogP contribution in [0.3, 0.4) is 0 Å². The molecule has 0 saturated heterocycles. The number of ether oxygens (including phenoxy) is 1. The molecule has 0 saturated carbocycles. The van der Waals surface area contributed by atoms with Crippen molar-refractivity contribution in [2.45, 2.75) is 46.3 Å². The molecule has 1 N–H and O–H groups in total. The molecular formula is C11H23NO. The molecule has 0 rings (SSSR count). The van der Waals surface area contributed by atoms with E-state index in [0.29, 0.717) is 12.1 Å². The molecule has 0 aliphatic carbocycles. The van der Waals surface area contributed by atoms with Crippen LogP contribution in [0.1, 0.15) is 34.1 Å². The van der Waals surface area contributed by atoms with Gasteiger partial charge in [0.25, 0.3) is 0 Å². The molecule has 0 aromatic rings. The fourth-order valence-corrected chi connectivity index (χ4v) is 0.983. The fraction of sp³-hybridized carbons (Fsp3) is 0.818. The van der Waals surface area contributed by atoms with E-state index in [0.717, 1.165) is 25.1 Å². The van der Waals surface area contributed by atoms with Crippen molar-refractivity contribution >= 4 is 0 Å². The van der Waals surface area contributed by atoms with E-state index in [1.54, 1.807) is 0 Å². The molecule has 0 amide bonds. The van der Waals surface area contributed by atoms with Gasteiger partial charge in [-0.3, -0.25) is 0 Å². The van der Waals surface area contributed by atoms with Crippen LogP contribution in [-0.4, -0.2) is 25.3 Å². The van der Waals surface area contributed by atoms with Crippen LogP contribution >= 0.6 is 0 Å². The van der Waals surface area contributed by atoms with Crippen molar-refractivity contribution in [2.24, 2.45) is 0 Å². The van der Waals surface area contributed by atoms with E-state index in [2.05, 4.69) is 32.7 Å². The van der Waals surface area contributed by atoms with Crippen molar-refractivity contribution in [3.05, 3.63) is 12.2 Å². The molecule has 1 atom stereocenters. The zero-order valence-electron chi connectivity index (χ0n) is 9.39. The summed E-state index contributed by atoms with van der Waals surface area (Å²) in [6.07, 6.45) is 1.44. The number of hydrogen-bond donors (Lipinski definition) is 1. The average Bonchev–Trinajstić information content (AvgIpc) is 2.03. The molecule has 0 aliphatic heterocycles. The van der Waals surface area contributed by atoms with Crippen LogP contribution in [0.2, 0.25) is 0 Å². The SMILES string of the molecule is C=C(C)C(COC(C)C)NCCC. The largest absolute Gasteiger partial charge is 0.377 e. The first-order valence-electron chi connectivity index (χ1n) is 5.08. The molecule has 2 heteroatoms. The monoisotopic (exact) mass is 185 g/mol. The number of hydrogen-bond acceptors (Lipinski definition) is 2. The predicted molar refractivity (Wildman–Crippen MR) is 58.0 cm³/mol. The van der Waals surface area contributed by atoms with E-state index in [-0.39, 0.29) is 0 Å². The molecule has 13 heavy (non-hydrogen) atoms. The van der Waals surface area contributed by atoms with Crippen LogP contribution in [0, 0.1) is 0 Å². The van der Waals surface area contributed by atoms with Gasteiger partial charge in [0.1, 0.15) is 0 Å². The van der Waals surface area contributed by atoms with Gasteiger partial charge in [0.15, 0.2) is 0 Å². The van der Waals surface area contributed by atoms with E-state index >= 15 is 0 Å². The lowest BCUT2D eigenvalue weighted by Crippen LogP contribution is -2.35. The van der Waals surface area contributed by atoms with Crippen LogP contribution in [-0.2, 0) is 4.74 Å². The Kier molecular flexibility index (Phi) is 6.92. The second kappa shape index (κ2) is 7.10. The molecular weight excluding hydrogens is 162 g/mol. The summed E-state index contributed by atoms with van der Waals surface area (Å²) in [6.45, 7) is 14.0. The maximum atomic E-state index is 5.54. The van der Waals surface area contributed by atoms with Gasteiger partial charge in [-0.25, -0.2) is 0 Å². The maximum Gasteiger partial charge on any atom is 0.0661 e. The summed E-state index contributed by atoms with van der Waals surface area (Å²) in [4.78, 5) is 0. The molecule has 1 unspecified atom stereocenters. The van der Waals surface area contributed by atoms with Gasteiger partial charge in [-0.1, -0.05) is 19.1 Å². The smallest absolute Gasteiger partial charge is 0.0661 e. The average molecular weight is 185 g/mol. The topological polar surface area (TPSA) is 21.3 Å². The quantitative estimate of drug-likeness (QED) is 0.615. The third-order valence-corrected chi connectivity index (χ3v) is 1.83. The highest BCUT2D eigenvalue weighted by atomic mass is 16.5. The van der Waals surface area contributed by atoms with Gasteiger partial charge in [-0.2, -0.15) is 0 Å². The van der Waals surface area contributed by atoms with Gasteiger partial charge < -0.3 is 10.1 Å². The second-order valence-electron chi connectivity index (χ2n) is 3.74. The van der Waals surface area contributed by atoms with E-state index in [9.17, 15) is 0 Å². The van der Waals surface area contributed by atoms with E-state index in [1.165, 1.54) is 0 Å². The Bertz CT molecular complexity index is 143. The molecule has 2 nitrogen and oxygen atoms in total. The Labute approximate surface area is 82.4 Å². The molecule has 78 valence electrons. The van der Waals surface area contributed by atoms with Gasteiger partial charge in [0.05, 0.1) is 18.8 Å². The standard InChI is InChI=1S/C11H23NO/c1-6-7-12-11(9(2)3)8-13-10(4)5/h10-12H,2,6-8H2,1,3-5H3. The Morgan fingerprint density at radius 3 is 2.46 bits per heavy atom. The van der Waals surface area contributed by atoms with Crippen LogP contribution < -0.4 is 5.32 Å². The van der Waals surface area contributed by atoms with Crippen molar-refractivity contribution in [1.82, 2.24) is 5.32 Å². The van der Waals surface area contributed by atoms with Crippen LogP contribution in [0.4, 0.5) is 0 Å². The molecule has 0 aliphatic rings. The summed E-state index contributed by atoms with van der Waals surface area (Å²) in [5.41, 5.74) is 1.15. The fourth-order valence-electron chi connectivity index (χ4n) is 0.983. The van der Waals surface area contributed by atoms with Gasteiger partial charge in [-0.15, -0.1) is 0 Å². The summed E-state index contributed by atoms with van der Waals surface area (Å²) in [5, 5.41) is 3.40. The van der Waals surface area contributed by atoms with Crippen LogP contribution in [0.5, 0.6) is 0 Å². The van der Waals surface area contributed by atoms with E-state index < -0.39 is 0 Å². The van der Waals surface area contributed by atoms with Gasteiger partial charge >= 0.3 is 0 Å². The van der Waals surface area contributed by atoms with Crippen LogP contribution in [0.15, 0.2) is 12.2 Å². The summed E-state index contributed by atoms with van der Waals surface area (Å²) in [5.74, 6) is 0. The van der Waals surface area contributed by atoms with Gasteiger partial charge in [0, 0.05) is 0 Å². The van der Waals surface area contributed by atoms with Crippen molar-refractivity contribution in [3.8, 4) is 0 Å². The van der Waals surface area contributed by atoms with E-state index in [4.69, 9.17) is 4.74 Å². The summed E-state index contributed by atoms with van der Waals surface area (Å²) in [7, 11) is 0. The lowest BCUT2D eigenvalue weighted by atomic mass is 10.1. The lowest BCUT2D eigenvalue weighted by Gasteiger charge is -2.20. The second-order valence-corrected chi connectivity index (χ2v) is 3.74.